The number of rotatable bonds is 7. The lowest BCUT2D eigenvalue weighted by Crippen LogP contribution is -2.50. The second kappa shape index (κ2) is 7.97. The van der Waals surface area contributed by atoms with Gasteiger partial charge >= 0.3 is 0 Å². The normalized spacial score (nSPS) is 15.7. The number of hydrogen-bond acceptors (Lipinski definition) is 4. The number of nitrogens with zero attached hydrogens (tertiary/aromatic N) is 4. The highest BCUT2D eigenvalue weighted by Crippen LogP contribution is 2.14. The fourth-order valence-electron chi connectivity index (χ4n) is 2.96. The van der Waals surface area contributed by atoms with Crippen LogP contribution in [0.25, 0.3) is 0 Å². The van der Waals surface area contributed by atoms with Crippen LogP contribution >= 0.6 is 0 Å². The molecule has 0 saturated carbocycles. The first-order valence-corrected chi connectivity index (χ1v) is 8.33. The Bertz CT molecular complexity index is 640. The Kier molecular flexibility index (Phi) is 5.48. The van der Waals surface area contributed by atoms with Gasteiger partial charge in [-0.3, -0.25) is 9.69 Å². The maximum atomic E-state index is 12.4. The van der Waals surface area contributed by atoms with Crippen LogP contribution < -0.4 is 4.74 Å². The molecule has 1 aromatic carbocycles. The molecule has 1 aliphatic rings. The third-order valence-electron chi connectivity index (χ3n) is 4.38. The third-order valence-corrected chi connectivity index (χ3v) is 4.38. The average molecular weight is 328 g/mol. The maximum absolute atomic E-state index is 12.4. The highest BCUT2D eigenvalue weighted by molar-refractivity contribution is 5.79. The van der Waals surface area contributed by atoms with Gasteiger partial charge in [0.1, 0.15) is 5.75 Å². The van der Waals surface area contributed by atoms with Crippen molar-refractivity contribution in [1.29, 1.82) is 0 Å². The molecular weight excluding hydrogens is 304 g/mol. The SMILES string of the molecule is COc1ccc(CN2CCN(CCCn3ccnc3)CC2=O)cc1. The molecule has 0 radical (unpaired) electrons. The predicted octanol–water partition coefficient (Wildman–Crippen LogP) is 1.63. The van der Waals surface area contributed by atoms with Crippen molar-refractivity contribution in [2.24, 2.45) is 0 Å². The summed E-state index contributed by atoms with van der Waals surface area (Å²) in [6, 6.07) is 7.91. The average Bonchev–Trinajstić information content (AvgIpc) is 3.11. The summed E-state index contributed by atoms with van der Waals surface area (Å²) in [5, 5.41) is 0. The molecule has 0 unspecified atom stereocenters. The van der Waals surface area contributed by atoms with Crippen LogP contribution in [-0.4, -0.2) is 58.5 Å². The van der Waals surface area contributed by atoms with Gasteiger partial charge in [-0.15, -0.1) is 0 Å². The van der Waals surface area contributed by atoms with Crippen LogP contribution in [0.15, 0.2) is 43.0 Å². The number of benzene rings is 1. The summed E-state index contributed by atoms with van der Waals surface area (Å²) in [6.45, 7) is 4.80. The Morgan fingerprint density at radius 2 is 2.00 bits per heavy atom. The van der Waals surface area contributed by atoms with Gasteiger partial charge in [-0.2, -0.15) is 0 Å². The van der Waals surface area contributed by atoms with Crippen molar-refractivity contribution < 1.29 is 9.53 Å². The van der Waals surface area contributed by atoms with E-state index in [1.165, 1.54) is 0 Å². The molecule has 1 aromatic heterocycles. The van der Waals surface area contributed by atoms with Crippen LogP contribution in [0.3, 0.4) is 0 Å². The van der Waals surface area contributed by atoms with Gasteiger partial charge in [-0.05, 0) is 24.1 Å². The smallest absolute Gasteiger partial charge is 0.237 e. The first-order chi connectivity index (χ1) is 11.7. The Balaban J connectivity index is 1.43. The Morgan fingerprint density at radius 3 is 2.67 bits per heavy atom. The van der Waals surface area contributed by atoms with Crippen molar-refractivity contribution in [2.45, 2.75) is 19.5 Å². The molecule has 2 aromatic rings. The molecule has 6 nitrogen and oxygen atoms in total. The fraction of sp³-hybridized carbons (Fsp3) is 0.444. The van der Waals surface area contributed by atoms with Crippen molar-refractivity contribution >= 4 is 5.91 Å². The van der Waals surface area contributed by atoms with Gasteiger partial charge in [0.2, 0.25) is 5.91 Å². The number of amides is 1. The topological polar surface area (TPSA) is 50.6 Å². The molecule has 6 heteroatoms. The van der Waals surface area contributed by atoms with Gasteiger partial charge in [0, 0.05) is 45.1 Å². The number of methoxy groups -OCH3 is 1. The zero-order valence-electron chi connectivity index (χ0n) is 14.1. The number of aromatic nitrogens is 2. The summed E-state index contributed by atoms with van der Waals surface area (Å²) in [4.78, 5) is 20.6. The number of hydrogen-bond donors (Lipinski definition) is 0. The van der Waals surface area contributed by atoms with E-state index in [0.29, 0.717) is 13.1 Å². The summed E-state index contributed by atoms with van der Waals surface area (Å²) in [6.07, 6.45) is 6.62. The molecule has 1 aliphatic heterocycles. The Hall–Kier alpha value is -2.34. The van der Waals surface area contributed by atoms with Crippen molar-refractivity contribution in [3.05, 3.63) is 48.5 Å². The number of carbonyl (C=O) groups excluding carboxylic acids is 1. The number of imidazole rings is 1. The molecule has 0 atom stereocenters. The number of aryl methyl sites for hydroxylation is 1. The van der Waals surface area contributed by atoms with E-state index in [1.807, 2.05) is 41.7 Å². The summed E-state index contributed by atoms with van der Waals surface area (Å²) >= 11 is 0. The van der Waals surface area contributed by atoms with Crippen LogP contribution in [0.2, 0.25) is 0 Å². The van der Waals surface area contributed by atoms with Crippen molar-refractivity contribution in [3.63, 3.8) is 0 Å². The highest BCUT2D eigenvalue weighted by atomic mass is 16.5. The second-order valence-electron chi connectivity index (χ2n) is 6.09. The molecule has 3 rings (SSSR count). The summed E-state index contributed by atoms with van der Waals surface area (Å²) < 4.78 is 7.24. The summed E-state index contributed by atoms with van der Waals surface area (Å²) in [5.41, 5.74) is 1.14. The van der Waals surface area contributed by atoms with Crippen molar-refractivity contribution in [3.8, 4) is 5.75 Å². The zero-order chi connectivity index (χ0) is 16.8. The Morgan fingerprint density at radius 1 is 1.17 bits per heavy atom. The third kappa shape index (κ3) is 4.35. The van der Waals surface area contributed by atoms with Crippen molar-refractivity contribution in [2.75, 3.05) is 33.3 Å². The minimum absolute atomic E-state index is 0.208. The van der Waals surface area contributed by atoms with E-state index in [2.05, 4.69) is 14.5 Å². The molecule has 1 fully saturated rings. The van der Waals surface area contributed by atoms with Crippen LogP contribution in [0.4, 0.5) is 0 Å². The van der Waals surface area contributed by atoms with E-state index in [1.54, 1.807) is 13.3 Å². The monoisotopic (exact) mass is 328 g/mol. The second-order valence-corrected chi connectivity index (χ2v) is 6.09. The van der Waals surface area contributed by atoms with Gasteiger partial charge in [-0.1, -0.05) is 12.1 Å². The van der Waals surface area contributed by atoms with Gasteiger partial charge < -0.3 is 14.2 Å². The summed E-state index contributed by atoms with van der Waals surface area (Å²) in [7, 11) is 1.66. The molecule has 0 aliphatic carbocycles. The molecule has 1 amide bonds. The van der Waals surface area contributed by atoms with Gasteiger partial charge in [0.05, 0.1) is 20.0 Å². The van der Waals surface area contributed by atoms with Gasteiger partial charge in [0.15, 0.2) is 0 Å². The lowest BCUT2D eigenvalue weighted by Gasteiger charge is -2.34. The van der Waals surface area contributed by atoms with Crippen LogP contribution in [0.5, 0.6) is 5.75 Å². The van der Waals surface area contributed by atoms with Gasteiger partial charge in [-0.25, -0.2) is 4.98 Å². The van der Waals surface area contributed by atoms with Crippen molar-refractivity contribution in [1.82, 2.24) is 19.4 Å². The van der Waals surface area contributed by atoms with E-state index in [9.17, 15) is 4.79 Å². The highest BCUT2D eigenvalue weighted by Gasteiger charge is 2.23. The fourth-order valence-corrected chi connectivity index (χ4v) is 2.96. The van der Waals surface area contributed by atoms with Gasteiger partial charge in [0.25, 0.3) is 0 Å². The lowest BCUT2D eigenvalue weighted by atomic mass is 10.2. The van der Waals surface area contributed by atoms with Crippen LogP contribution in [0.1, 0.15) is 12.0 Å². The Labute approximate surface area is 142 Å². The molecule has 128 valence electrons. The van der Waals surface area contributed by atoms with E-state index in [0.717, 1.165) is 43.9 Å². The van der Waals surface area contributed by atoms with E-state index in [4.69, 9.17) is 4.74 Å². The zero-order valence-corrected chi connectivity index (χ0v) is 14.1. The first kappa shape index (κ1) is 16.5. The van der Waals surface area contributed by atoms with E-state index in [-0.39, 0.29) is 5.91 Å². The number of piperazine rings is 1. The number of carbonyl (C=O) groups is 1. The maximum Gasteiger partial charge on any atom is 0.237 e. The largest absolute Gasteiger partial charge is 0.497 e. The predicted molar refractivity (Wildman–Crippen MR) is 91.7 cm³/mol. The van der Waals surface area contributed by atoms with E-state index < -0.39 is 0 Å². The molecular formula is C18H24N4O2. The quantitative estimate of drug-likeness (QED) is 0.775. The standard InChI is InChI=1S/C18H24N4O2/c1-24-17-5-3-16(4-6-17)13-22-12-11-20(14-18(22)23)8-2-9-21-10-7-19-15-21/h3-7,10,15H,2,8-9,11-14H2,1H3. The summed E-state index contributed by atoms with van der Waals surface area (Å²) in [5.74, 6) is 1.05. The minimum atomic E-state index is 0.208. The van der Waals surface area contributed by atoms with Crippen LogP contribution in [0, 0.1) is 0 Å². The van der Waals surface area contributed by atoms with E-state index >= 15 is 0 Å². The first-order valence-electron chi connectivity index (χ1n) is 8.33. The van der Waals surface area contributed by atoms with Crippen LogP contribution in [-0.2, 0) is 17.9 Å². The molecule has 0 N–H and O–H groups in total. The molecule has 0 bridgehead atoms. The molecule has 2 heterocycles. The number of ether oxygens (including phenoxy) is 1. The molecule has 0 spiro atoms. The minimum Gasteiger partial charge on any atom is -0.497 e. The molecule has 1 saturated heterocycles. The lowest BCUT2D eigenvalue weighted by molar-refractivity contribution is -0.136. The molecule has 24 heavy (non-hydrogen) atoms.